The van der Waals surface area contributed by atoms with Crippen molar-refractivity contribution in [1.29, 1.82) is 0 Å². The van der Waals surface area contributed by atoms with Gasteiger partial charge in [0.25, 0.3) is 0 Å². The van der Waals surface area contributed by atoms with Crippen LogP contribution >= 0.6 is 0 Å². The van der Waals surface area contributed by atoms with Crippen LogP contribution in [0.4, 0.5) is 15.8 Å². The molecular formula is C14H23FN2O2. The summed E-state index contributed by atoms with van der Waals surface area (Å²) in [7, 11) is 0. The third-order valence-electron chi connectivity index (χ3n) is 2.74. The number of ether oxygens (including phenoxy) is 1. The molecule has 0 aliphatic carbocycles. The van der Waals surface area contributed by atoms with E-state index in [4.69, 9.17) is 10.5 Å². The minimum Gasteiger partial charge on any atom is -0.491 e. The van der Waals surface area contributed by atoms with Crippen LogP contribution in [-0.2, 0) is 0 Å². The molecule has 1 rings (SSSR count). The third kappa shape index (κ3) is 4.59. The lowest BCUT2D eigenvalue weighted by Crippen LogP contribution is -2.26. The van der Waals surface area contributed by atoms with Gasteiger partial charge in [0.2, 0.25) is 0 Å². The lowest BCUT2D eigenvalue weighted by Gasteiger charge is -2.21. The number of halogens is 1. The number of aliphatic hydroxyl groups excluding tert-OH is 1. The summed E-state index contributed by atoms with van der Waals surface area (Å²) in [5, 5.41) is 12.5. The molecule has 19 heavy (non-hydrogen) atoms. The fraction of sp³-hybridized carbons (Fsp3) is 0.571. The van der Waals surface area contributed by atoms with E-state index in [1.54, 1.807) is 6.92 Å². The molecule has 0 spiro atoms. The molecule has 5 heteroatoms. The molecule has 4 N–H and O–H groups in total. The standard InChI is InChI=1S/C14H23FN2O2/c1-4-19-14-7-13(12(16)6-11(14)15)17-10(8-18)5-9(2)3/h6-7,9-10,17-18H,4-5,8,16H2,1-3H3. The Kier molecular flexibility index (Phi) is 5.89. The van der Waals surface area contributed by atoms with Crippen LogP contribution < -0.4 is 15.8 Å². The van der Waals surface area contributed by atoms with Crippen LogP contribution in [0.3, 0.4) is 0 Å². The van der Waals surface area contributed by atoms with E-state index in [9.17, 15) is 9.50 Å². The molecule has 0 aliphatic heterocycles. The summed E-state index contributed by atoms with van der Waals surface area (Å²) in [6, 6.07) is 2.66. The van der Waals surface area contributed by atoms with Crippen molar-refractivity contribution in [2.24, 2.45) is 5.92 Å². The van der Waals surface area contributed by atoms with Crippen LogP contribution in [-0.4, -0.2) is 24.4 Å². The average molecular weight is 270 g/mol. The van der Waals surface area contributed by atoms with Crippen LogP contribution in [0, 0.1) is 11.7 Å². The normalized spacial score (nSPS) is 12.5. The van der Waals surface area contributed by atoms with Gasteiger partial charge in [-0.1, -0.05) is 13.8 Å². The van der Waals surface area contributed by atoms with Crippen molar-refractivity contribution in [3.63, 3.8) is 0 Å². The number of rotatable bonds is 7. The highest BCUT2D eigenvalue weighted by Gasteiger charge is 2.14. The number of nitrogens with one attached hydrogen (secondary N) is 1. The zero-order valence-electron chi connectivity index (χ0n) is 11.7. The summed E-state index contributed by atoms with van der Waals surface area (Å²) in [6.45, 7) is 6.32. The Morgan fingerprint density at radius 2 is 2.11 bits per heavy atom. The van der Waals surface area contributed by atoms with E-state index in [0.29, 0.717) is 23.9 Å². The maximum Gasteiger partial charge on any atom is 0.167 e. The number of benzene rings is 1. The van der Waals surface area contributed by atoms with Gasteiger partial charge in [0.05, 0.1) is 24.6 Å². The summed E-state index contributed by atoms with van der Waals surface area (Å²) in [5.41, 5.74) is 6.68. The topological polar surface area (TPSA) is 67.5 Å². The molecule has 1 atom stereocenters. The first-order valence-electron chi connectivity index (χ1n) is 6.57. The molecule has 0 radical (unpaired) electrons. The van der Waals surface area contributed by atoms with Gasteiger partial charge in [-0.25, -0.2) is 4.39 Å². The Hall–Kier alpha value is -1.49. The Bertz CT molecular complexity index is 411. The molecule has 0 fully saturated rings. The highest BCUT2D eigenvalue weighted by molar-refractivity contribution is 5.69. The Morgan fingerprint density at radius 3 is 2.63 bits per heavy atom. The van der Waals surface area contributed by atoms with Gasteiger partial charge in [-0.3, -0.25) is 0 Å². The molecule has 0 saturated heterocycles. The van der Waals surface area contributed by atoms with Gasteiger partial charge in [0, 0.05) is 18.2 Å². The van der Waals surface area contributed by atoms with Crippen LogP contribution in [0.15, 0.2) is 12.1 Å². The van der Waals surface area contributed by atoms with E-state index < -0.39 is 5.82 Å². The number of anilines is 2. The summed E-state index contributed by atoms with van der Waals surface area (Å²) < 4.78 is 18.8. The predicted octanol–water partition coefficient (Wildman–Crippen LogP) is 2.63. The molecule has 0 heterocycles. The number of hydrogen-bond acceptors (Lipinski definition) is 4. The second-order valence-corrected chi connectivity index (χ2v) is 4.96. The van der Waals surface area contributed by atoms with Gasteiger partial charge in [0.15, 0.2) is 11.6 Å². The van der Waals surface area contributed by atoms with E-state index >= 15 is 0 Å². The molecule has 1 aromatic carbocycles. The smallest absolute Gasteiger partial charge is 0.167 e. The molecule has 1 unspecified atom stereocenters. The average Bonchev–Trinajstić information content (AvgIpc) is 2.33. The summed E-state index contributed by atoms with van der Waals surface area (Å²) >= 11 is 0. The molecule has 0 bridgehead atoms. The van der Waals surface area contributed by atoms with Crippen molar-refractivity contribution in [2.75, 3.05) is 24.3 Å². The SMILES string of the molecule is CCOc1cc(NC(CO)CC(C)C)c(N)cc1F. The Balaban J connectivity index is 2.89. The molecule has 0 amide bonds. The molecule has 108 valence electrons. The van der Waals surface area contributed by atoms with Crippen LogP contribution in [0.5, 0.6) is 5.75 Å². The molecule has 4 nitrogen and oxygen atoms in total. The maximum absolute atomic E-state index is 13.6. The largest absolute Gasteiger partial charge is 0.491 e. The minimum absolute atomic E-state index is 0.00103. The van der Waals surface area contributed by atoms with Gasteiger partial charge >= 0.3 is 0 Å². The quantitative estimate of drug-likeness (QED) is 0.666. The Morgan fingerprint density at radius 1 is 1.42 bits per heavy atom. The molecule has 0 aliphatic rings. The van der Waals surface area contributed by atoms with Gasteiger partial charge in [-0.2, -0.15) is 0 Å². The highest BCUT2D eigenvalue weighted by Crippen LogP contribution is 2.29. The van der Waals surface area contributed by atoms with Crippen LogP contribution in [0.25, 0.3) is 0 Å². The van der Waals surface area contributed by atoms with E-state index in [2.05, 4.69) is 19.2 Å². The molecule has 1 aromatic rings. The fourth-order valence-electron chi connectivity index (χ4n) is 1.93. The number of hydrogen-bond donors (Lipinski definition) is 3. The third-order valence-corrected chi connectivity index (χ3v) is 2.74. The highest BCUT2D eigenvalue weighted by atomic mass is 19.1. The van der Waals surface area contributed by atoms with E-state index in [-0.39, 0.29) is 18.4 Å². The number of nitrogens with two attached hydrogens (primary N) is 1. The first kappa shape index (κ1) is 15.6. The van der Waals surface area contributed by atoms with E-state index in [0.717, 1.165) is 6.42 Å². The van der Waals surface area contributed by atoms with Crippen LogP contribution in [0.2, 0.25) is 0 Å². The van der Waals surface area contributed by atoms with Crippen molar-refractivity contribution < 1.29 is 14.2 Å². The second kappa shape index (κ2) is 7.19. The van der Waals surface area contributed by atoms with E-state index in [1.165, 1.54) is 12.1 Å². The fourth-order valence-corrected chi connectivity index (χ4v) is 1.93. The maximum atomic E-state index is 13.6. The van der Waals surface area contributed by atoms with Gasteiger partial charge < -0.3 is 20.9 Å². The van der Waals surface area contributed by atoms with Gasteiger partial charge in [-0.15, -0.1) is 0 Å². The van der Waals surface area contributed by atoms with Crippen molar-refractivity contribution in [3.05, 3.63) is 17.9 Å². The first-order valence-corrected chi connectivity index (χ1v) is 6.57. The monoisotopic (exact) mass is 270 g/mol. The Labute approximate surface area is 113 Å². The van der Waals surface area contributed by atoms with Gasteiger partial charge in [0.1, 0.15) is 0 Å². The van der Waals surface area contributed by atoms with Crippen molar-refractivity contribution >= 4 is 11.4 Å². The molecular weight excluding hydrogens is 247 g/mol. The number of nitrogen functional groups attached to an aromatic ring is 1. The zero-order valence-corrected chi connectivity index (χ0v) is 11.7. The first-order chi connectivity index (χ1) is 8.97. The number of aliphatic hydroxyl groups is 1. The molecule has 0 saturated carbocycles. The van der Waals surface area contributed by atoms with Crippen LogP contribution in [0.1, 0.15) is 27.2 Å². The lowest BCUT2D eigenvalue weighted by atomic mass is 10.0. The lowest BCUT2D eigenvalue weighted by molar-refractivity contribution is 0.259. The van der Waals surface area contributed by atoms with Crippen molar-refractivity contribution in [2.45, 2.75) is 33.2 Å². The minimum atomic E-state index is -0.477. The summed E-state index contributed by atoms with van der Waals surface area (Å²) in [4.78, 5) is 0. The van der Waals surface area contributed by atoms with E-state index in [1.807, 2.05) is 0 Å². The predicted molar refractivity (Wildman–Crippen MR) is 75.9 cm³/mol. The summed E-state index contributed by atoms with van der Waals surface area (Å²) in [6.07, 6.45) is 0.803. The summed E-state index contributed by atoms with van der Waals surface area (Å²) in [5.74, 6) is 0.132. The van der Waals surface area contributed by atoms with Gasteiger partial charge in [-0.05, 0) is 19.3 Å². The second-order valence-electron chi connectivity index (χ2n) is 4.96. The van der Waals surface area contributed by atoms with Crippen molar-refractivity contribution in [1.82, 2.24) is 0 Å². The molecule has 0 aromatic heterocycles. The zero-order chi connectivity index (χ0) is 14.4. The van der Waals surface area contributed by atoms with Crippen molar-refractivity contribution in [3.8, 4) is 5.75 Å².